The largest absolute Gasteiger partial charge is 0.495 e. The zero-order valence-electron chi connectivity index (χ0n) is 15.4. The van der Waals surface area contributed by atoms with Crippen LogP contribution in [0, 0.1) is 12.8 Å². The number of nitrogens with zero attached hydrogens (tertiary/aromatic N) is 1. The predicted octanol–water partition coefficient (Wildman–Crippen LogP) is 3.56. The Bertz CT molecular complexity index is 832. The van der Waals surface area contributed by atoms with E-state index in [1.165, 1.54) is 0 Å². The van der Waals surface area contributed by atoms with Crippen LogP contribution in [-0.2, 0) is 16.0 Å². The van der Waals surface area contributed by atoms with E-state index in [1.807, 2.05) is 49.4 Å². The second-order valence-electron chi connectivity index (χ2n) is 6.62. The van der Waals surface area contributed by atoms with Crippen LogP contribution in [0.1, 0.15) is 24.5 Å². The predicted molar refractivity (Wildman–Crippen MR) is 103 cm³/mol. The van der Waals surface area contributed by atoms with Crippen LogP contribution in [0.2, 0.25) is 0 Å². The van der Waals surface area contributed by atoms with Gasteiger partial charge in [-0.2, -0.15) is 0 Å². The Morgan fingerprint density at radius 1 is 1.27 bits per heavy atom. The monoisotopic (exact) mass is 352 g/mol. The number of nitrogens with one attached hydrogen (secondary N) is 1. The molecule has 0 radical (unpaired) electrons. The molecule has 1 atom stereocenters. The summed E-state index contributed by atoms with van der Waals surface area (Å²) in [6.07, 6.45) is 1.11. The SMILES string of the molecule is CCc1cccc(NC(=O)[C@H]2CC(=O)N(c3cc(C)ccc3OC)C2)c1. The normalized spacial score (nSPS) is 16.7. The van der Waals surface area contributed by atoms with Crippen molar-refractivity contribution in [1.82, 2.24) is 0 Å². The molecule has 0 aliphatic carbocycles. The number of methoxy groups -OCH3 is 1. The lowest BCUT2D eigenvalue weighted by Gasteiger charge is -2.20. The van der Waals surface area contributed by atoms with Crippen LogP contribution in [0.15, 0.2) is 42.5 Å². The lowest BCUT2D eigenvalue weighted by atomic mass is 10.1. The highest BCUT2D eigenvalue weighted by atomic mass is 16.5. The molecule has 2 amide bonds. The van der Waals surface area contributed by atoms with E-state index in [0.29, 0.717) is 12.3 Å². The minimum Gasteiger partial charge on any atom is -0.495 e. The van der Waals surface area contributed by atoms with Crippen LogP contribution >= 0.6 is 0 Å². The molecule has 26 heavy (non-hydrogen) atoms. The molecule has 2 aromatic carbocycles. The third-order valence-electron chi connectivity index (χ3n) is 4.72. The van der Waals surface area contributed by atoms with Gasteiger partial charge >= 0.3 is 0 Å². The summed E-state index contributed by atoms with van der Waals surface area (Å²) in [5.74, 6) is 0.0794. The van der Waals surface area contributed by atoms with E-state index in [1.54, 1.807) is 12.0 Å². The third-order valence-corrected chi connectivity index (χ3v) is 4.72. The number of anilines is 2. The first-order chi connectivity index (χ1) is 12.5. The molecule has 136 valence electrons. The van der Waals surface area contributed by atoms with Crippen molar-refractivity contribution in [3.05, 3.63) is 53.6 Å². The minimum atomic E-state index is -0.377. The van der Waals surface area contributed by atoms with Gasteiger partial charge in [-0.15, -0.1) is 0 Å². The van der Waals surface area contributed by atoms with Gasteiger partial charge in [0.05, 0.1) is 18.7 Å². The molecule has 5 nitrogen and oxygen atoms in total. The van der Waals surface area contributed by atoms with Crippen LogP contribution in [0.4, 0.5) is 11.4 Å². The van der Waals surface area contributed by atoms with E-state index in [-0.39, 0.29) is 24.2 Å². The summed E-state index contributed by atoms with van der Waals surface area (Å²) >= 11 is 0. The Morgan fingerprint density at radius 3 is 2.81 bits per heavy atom. The van der Waals surface area contributed by atoms with Gasteiger partial charge in [-0.3, -0.25) is 9.59 Å². The molecule has 1 saturated heterocycles. The zero-order chi connectivity index (χ0) is 18.7. The maximum Gasteiger partial charge on any atom is 0.229 e. The van der Waals surface area contributed by atoms with Gasteiger partial charge in [0, 0.05) is 18.7 Å². The molecule has 1 heterocycles. The Hall–Kier alpha value is -2.82. The maximum atomic E-state index is 12.6. The summed E-state index contributed by atoms with van der Waals surface area (Å²) in [7, 11) is 1.58. The van der Waals surface area contributed by atoms with Crippen molar-refractivity contribution in [2.45, 2.75) is 26.7 Å². The van der Waals surface area contributed by atoms with Gasteiger partial charge in [-0.25, -0.2) is 0 Å². The number of hydrogen-bond donors (Lipinski definition) is 1. The van der Waals surface area contributed by atoms with Gasteiger partial charge in [0.25, 0.3) is 0 Å². The molecule has 0 unspecified atom stereocenters. The molecule has 5 heteroatoms. The maximum absolute atomic E-state index is 12.6. The standard InChI is InChI=1S/C21H24N2O3/c1-4-15-6-5-7-17(11-15)22-21(25)16-12-20(24)23(13-16)18-10-14(2)8-9-19(18)26-3/h5-11,16H,4,12-13H2,1-3H3,(H,22,25)/t16-/m0/s1. The molecule has 1 aliphatic heterocycles. The fraction of sp³-hybridized carbons (Fsp3) is 0.333. The quantitative estimate of drug-likeness (QED) is 0.895. The lowest BCUT2D eigenvalue weighted by Crippen LogP contribution is -2.28. The molecule has 0 bridgehead atoms. The minimum absolute atomic E-state index is 0.0589. The second kappa shape index (κ2) is 7.60. The molecule has 1 fully saturated rings. The Morgan fingerprint density at radius 2 is 2.08 bits per heavy atom. The highest BCUT2D eigenvalue weighted by Crippen LogP contribution is 2.34. The summed E-state index contributed by atoms with van der Waals surface area (Å²) in [5.41, 5.74) is 3.70. The Balaban J connectivity index is 1.75. The van der Waals surface area contributed by atoms with E-state index >= 15 is 0 Å². The van der Waals surface area contributed by atoms with Gasteiger partial charge in [-0.1, -0.05) is 25.1 Å². The van der Waals surface area contributed by atoms with E-state index in [4.69, 9.17) is 4.74 Å². The number of carbonyl (C=O) groups is 2. The molecule has 3 rings (SSSR count). The van der Waals surface area contributed by atoms with Crippen molar-refractivity contribution >= 4 is 23.2 Å². The van der Waals surface area contributed by atoms with Crippen molar-refractivity contribution in [2.75, 3.05) is 23.9 Å². The van der Waals surface area contributed by atoms with Crippen molar-refractivity contribution in [1.29, 1.82) is 0 Å². The highest BCUT2D eigenvalue weighted by Gasteiger charge is 2.36. The van der Waals surface area contributed by atoms with Gasteiger partial charge in [0.1, 0.15) is 5.75 Å². The van der Waals surface area contributed by atoms with Crippen molar-refractivity contribution < 1.29 is 14.3 Å². The summed E-state index contributed by atoms with van der Waals surface area (Å²) in [5, 5.41) is 2.94. The summed E-state index contributed by atoms with van der Waals surface area (Å²) in [6, 6.07) is 13.5. The molecule has 2 aromatic rings. The first-order valence-electron chi connectivity index (χ1n) is 8.86. The lowest BCUT2D eigenvalue weighted by molar-refractivity contribution is -0.122. The van der Waals surface area contributed by atoms with E-state index in [9.17, 15) is 9.59 Å². The molecule has 0 saturated carbocycles. The van der Waals surface area contributed by atoms with Crippen LogP contribution in [0.5, 0.6) is 5.75 Å². The number of aryl methyl sites for hydroxylation is 2. The summed E-state index contributed by atoms with van der Waals surface area (Å²) in [6.45, 7) is 4.40. The average Bonchev–Trinajstić information content (AvgIpc) is 3.03. The third kappa shape index (κ3) is 3.72. The molecule has 1 aliphatic rings. The van der Waals surface area contributed by atoms with Crippen LogP contribution in [-0.4, -0.2) is 25.5 Å². The van der Waals surface area contributed by atoms with Crippen LogP contribution in [0.25, 0.3) is 0 Å². The summed E-state index contributed by atoms with van der Waals surface area (Å²) in [4.78, 5) is 26.8. The number of hydrogen-bond acceptors (Lipinski definition) is 3. The number of rotatable bonds is 5. The van der Waals surface area contributed by atoms with E-state index in [2.05, 4.69) is 12.2 Å². The number of carbonyl (C=O) groups excluding carboxylic acids is 2. The van der Waals surface area contributed by atoms with Gasteiger partial charge < -0.3 is 15.0 Å². The van der Waals surface area contributed by atoms with E-state index in [0.717, 1.165) is 28.9 Å². The molecular formula is C21H24N2O3. The van der Waals surface area contributed by atoms with Crippen molar-refractivity contribution in [2.24, 2.45) is 5.92 Å². The number of benzene rings is 2. The topological polar surface area (TPSA) is 58.6 Å². The van der Waals surface area contributed by atoms with Gasteiger partial charge in [-0.05, 0) is 48.7 Å². The zero-order valence-corrected chi connectivity index (χ0v) is 15.4. The average molecular weight is 352 g/mol. The van der Waals surface area contributed by atoms with Crippen molar-refractivity contribution in [3.63, 3.8) is 0 Å². The smallest absolute Gasteiger partial charge is 0.229 e. The summed E-state index contributed by atoms with van der Waals surface area (Å²) < 4.78 is 5.38. The first kappa shape index (κ1) is 18.0. The Kier molecular flexibility index (Phi) is 5.26. The Labute approximate surface area is 154 Å². The number of amides is 2. The van der Waals surface area contributed by atoms with Gasteiger partial charge in [0.15, 0.2) is 0 Å². The second-order valence-corrected chi connectivity index (χ2v) is 6.62. The highest BCUT2D eigenvalue weighted by molar-refractivity contribution is 6.04. The van der Waals surface area contributed by atoms with Gasteiger partial charge in [0.2, 0.25) is 11.8 Å². The van der Waals surface area contributed by atoms with Crippen LogP contribution < -0.4 is 15.0 Å². The fourth-order valence-corrected chi connectivity index (χ4v) is 3.24. The molecule has 0 spiro atoms. The molecule has 0 aromatic heterocycles. The number of ether oxygens (including phenoxy) is 1. The van der Waals surface area contributed by atoms with E-state index < -0.39 is 0 Å². The van der Waals surface area contributed by atoms with Crippen LogP contribution in [0.3, 0.4) is 0 Å². The molecular weight excluding hydrogens is 328 g/mol. The molecule has 1 N–H and O–H groups in total. The van der Waals surface area contributed by atoms with Crippen molar-refractivity contribution in [3.8, 4) is 5.75 Å². The fourth-order valence-electron chi connectivity index (χ4n) is 3.24. The first-order valence-corrected chi connectivity index (χ1v) is 8.86.